The summed E-state index contributed by atoms with van der Waals surface area (Å²) in [6, 6.07) is 3.99. The molecule has 0 aliphatic carbocycles. The molecule has 1 atom stereocenters. The second kappa shape index (κ2) is 11.8. The predicted octanol–water partition coefficient (Wildman–Crippen LogP) is 2.63. The third-order valence-corrected chi connectivity index (χ3v) is 8.38. The number of likely N-dealkylation sites (tertiary alicyclic amines) is 1. The molecule has 1 N–H and O–H groups in total. The van der Waals surface area contributed by atoms with Crippen LogP contribution in [0.4, 0.5) is 5.82 Å². The Hall–Kier alpha value is -3.31. The van der Waals surface area contributed by atoms with Gasteiger partial charge in [0, 0.05) is 75.5 Å². The van der Waals surface area contributed by atoms with Crippen LogP contribution < -0.4 is 19.7 Å². The van der Waals surface area contributed by atoms with Crippen LogP contribution in [0.5, 0.6) is 11.5 Å². The monoisotopic (exact) mass is 548 g/mol. The summed E-state index contributed by atoms with van der Waals surface area (Å²) in [5, 5.41) is 5.22. The molecule has 1 unspecified atom stereocenters. The molecule has 11 heteroatoms. The molecular formula is C28H36N8O2S. The highest BCUT2D eigenvalue weighted by Crippen LogP contribution is 2.35. The molecule has 39 heavy (non-hydrogen) atoms. The minimum Gasteiger partial charge on any atom is -0.493 e. The number of rotatable bonds is 8. The Bertz CT molecular complexity index is 1290. The normalized spacial score (nSPS) is 19.4. The fourth-order valence-electron chi connectivity index (χ4n) is 5.70. The van der Waals surface area contributed by atoms with Gasteiger partial charge >= 0.3 is 0 Å². The van der Waals surface area contributed by atoms with Gasteiger partial charge in [-0.2, -0.15) is 0 Å². The molecule has 2 bridgehead atoms. The molecule has 6 heterocycles. The van der Waals surface area contributed by atoms with E-state index in [2.05, 4.69) is 40.0 Å². The highest BCUT2D eigenvalue weighted by Gasteiger charge is 2.25. The Labute approximate surface area is 234 Å². The third-order valence-electron chi connectivity index (χ3n) is 7.98. The number of anilines is 1. The molecule has 206 valence electrons. The van der Waals surface area contributed by atoms with Crippen LogP contribution in [0.1, 0.15) is 36.6 Å². The van der Waals surface area contributed by atoms with E-state index in [4.69, 9.17) is 21.7 Å². The summed E-state index contributed by atoms with van der Waals surface area (Å²) >= 11 is 5.73. The number of thiocarbonyl (C=S) groups is 1. The smallest absolute Gasteiger partial charge is 0.169 e. The fourth-order valence-corrected chi connectivity index (χ4v) is 5.97. The zero-order chi connectivity index (χ0) is 26.6. The number of ether oxygens (including phenoxy) is 2. The zero-order valence-corrected chi connectivity index (χ0v) is 23.3. The number of nitrogens with one attached hydrogen (secondary N) is 1. The Morgan fingerprint density at radius 3 is 2.54 bits per heavy atom. The summed E-state index contributed by atoms with van der Waals surface area (Å²) in [5.74, 6) is 2.69. The Morgan fingerprint density at radius 1 is 0.974 bits per heavy atom. The zero-order valence-electron chi connectivity index (χ0n) is 22.5. The van der Waals surface area contributed by atoms with Crippen LogP contribution in [-0.2, 0) is 6.42 Å². The molecule has 2 fully saturated rings. The van der Waals surface area contributed by atoms with Gasteiger partial charge in [-0.15, -0.1) is 0 Å². The van der Waals surface area contributed by atoms with Crippen molar-refractivity contribution in [3.8, 4) is 11.5 Å². The molecule has 4 aliphatic rings. The maximum absolute atomic E-state index is 6.16. The molecule has 10 nitrogen and oxygen atoms in total. The topological polar surface area (TPSA) is 91.8 Å². The Balaban J connectivity index is 1.06. The maximum Gasteiger partial charge on any atom is 0.169 e. The van der Waals surface area contributed by atoms with Crippen molar-refractivity contribution in [2.45, 2.75) is 31.6 Å². The summed E-state index contributed by atoms with van der Waals surface area (Å²) in [4.78, 5) is 25.1. The highest BCUT2D eigenvalue weighted by atomic mass is 32.1. The molecule has 0 spiro atoms. The molecule has 0 radical (unpaired) electrons. The molecular weight excluding hydrogens is 512 g/mol. The van der Waals surface area contributed by atoms with Crippen molar-refractivity contribution in [3.63, 3.8) is 0 Å². The van der Waals surface area contributed by atoms with Crippen molar-refractivity contribution < 1.29 is 9.47 Å². The summed E-state index contributed by atoms with van der Waals surface area (Å²) in [5.41, 5.74) is 2.93. The predicted molar refractivity (Wildman–Crippen MR) is 155 cm³/mol. The number of benzene rings is 1. The van der Waals surface area contributed by atoms with E-state index in [-0.39, 0.29) is 0 Å². The van der Waals surface area contributed by atoms with E-state index in [1.165, 1.54) is 19.3 Å². The number of hydrogen-bond acceptors (Lipinski definition) is 9. The lowest BCUT2D eigenvalue weighted by molar-refractivity contribution is 0.181. The Kier molecular flexibility index (Phi) is 7.87. The van der Waals surface area contributed by atoms with Crippen molar-refractivity contribution >= 4 is 34.1 Å². The number of fused-ring (bicyclic) bond motifs is 4. The molecule has 0 saturated carbocycles. The fraction of sp³-hybridized carbons (Fsp3) is 0.536. The van der Waals surface area contributed by atoms with E-state index in [9.17, 15) is 0 Å². The first-order valence-electron chi connectivity index (χ1n) is 13.9. The van der Waals surface area contributed by atoms with Crippen LogP contribution in [0, 0.1) is 0 Å². The van der Waals surface area contributed by atoms with Gasteiger partial charge in [-0.3, -0.25) is 14.9 Å². The minimum absolute atomic E-state index is 0.336. The van der Waals surface area contributed by atoms with Gasteiger partial charge < -0.3 is 24.6 Å². The number of aromatic nitrogens is 4. The average molecular weight is 549 g/mol. The van der Waals surface area contributed by atoms with Gasteiger partial charge in [-0.1, -0.05) is 6.42 Å². The van der Waals surface area contributed by atoms with Crippen molar-refractivity contribution in [2.75, 3.05) is 71.0 Å². The number of piperidine rings is 1. The standard InChI is InChI=1S/C28H36N8O2S/c1-37-25-14-22-23(15-26(25)38-12-11-34-5-3-2-4-6-34)32-19-33-27(22)35-7-9-36(10-8-35)28(39)31-16-20-13-21-17-30-24(20)18-29-21/h14-15,17-20H,2-13,16H2,1H3,(H,31,39). The lowest BCUT2D eigenvalue weighted by Gasteiger charge is -2.37. The SMILES string of the molecule is COc1cc2c(N3CCN(C(=S)NCC4Cc5cnc4cn5)CC3)ncnc2cc1OCCN1CCCCC1. The summed E-state index contributed by atoms with van der Waals surface area (Å²) in [6.07, 6.45) is 10.2. The lowest BCUT2D eigenvalue weighted by Crippen LogP contribution is -2.52. The van der Waals surface area contributed by atoms with E-state index in [1.54, 1.807) is 13.4 Å². The first kappa shape index (κ1) is 25.9. The molecule has 2 aromatic heterocycles. The molecule has 1 aromatic carbocycles. The van der Waals surface area contributed by atoms with E-state index >= 15 is 0 Å². The molecule has 0 amide bonds. The van der Waals surface area contributed by atoms with Gasteiger partial charge in [-0.05, 0) is 44.2 Å². The molecule has 4 aliphatic heterocycles. The first-order chi connectivity index (χ1) is 19.2. The van der Waals surface area contributed by atoms with Crippen LogP contribution in [-0.4, -0.2) is 101 Å². The van der Waals surface area contributed by atoms with Gasteiger partial charge in [0.2, 0.25) is 0 Å². The number of nitrogens with zero attached hydrogens (tertiary/aromatic N) is 7. The minimum atomic E-state index is 0.336. The van der Waals surface area contributed by atoms with Crippen molar-refractivity contribution in [2.24, 2.45) is 0 Å². The van der Waals surface area contributed by atoms with Crippen LogP contribution in [0.2, 0.25) is 0 Å². The van der Waals surface area contributed by atoms with Crippen molar-refractivity contribution in [3.05, 3.63) is 42.2 Å². The Morgan fingerprint density at radius 2 is 1.82 bits per heavy atom. The average Bonchev–Trinajstić information content (AvgIpc) is 3.00. The maximum atomic E-state index is 6.16. The quantitative estimate of drug-likeness (QED) is 0.421. The number of methoxy groups -OCH3 is 1. The van der Waals surface area contributed by atoms with E-state index < -0.39 is 0 Å². The van der Waals surface area contributed by atoms with E-state index in [0.29, 0.717) is 18.3 Å². The van der Waals surface area contributed by atoms with Crippen LogP contribution in [0.25, 0.3) is 10.9 Å². The van der Waals surface area contributed by atoms with E-state index in [1.807, 2.05) is 24.5 Å². The van der Waals surface area contributed by atoms with Gasteiger partial charge in [-0.25, -0.2) is 9.97 Å². The van der Waals surface area contributed by atoms with Crippen LogP contribution in [0.15, 0.2) is 30.9 Å². The first-order valence-corrected chi connectivity index (χ1v) is 14.3. The highest BCUT2D eigenvalue weighted by molar-refractivity contribution is 7.80. The van der Waals surface area contributed by atoms with Gasteiger partial charge in [0.25, 0.3) is 0 Å². The molecule has 7 rings (SSSR count). The molecule has 2 saturated heterocycles. The summed E-state index contributed by atoms with van der Waals surface area (Å²) in [7, 11) is 1.68. The van der Waals surface area contributed by atoms with Crippen LogP contribution >= 0.6 is 12.2 Å². The number of piperazine rings is 1. The second-order valence-electron chi connectivity index (χ2n) is 10.5. The van der Waals surface area contributed by atoms with Gasteiger partial charge in [0.15, 0.2) is 16.6 Å². The third kappa shape index (κ3) is 5.84. The van der Waals surface area contributed by atoms with E-state index in [0.717, 1.165) is 97.7 Å². The lowest BCUT2D eigenvalue weighted by atomic mass is 9.96. The summed E-state index contributed by atoms with van der Waals surface area (Å²) < 4.78 is 11.9. The largest absolute Gasteiger partial charge is 0.493 e. The van der Waals surface area contributed by atoms with Crippen LogP contribution in [0.3, 0.4) is 0 Å². The second-order valence-corrected chi connectivity index (χ2v) is 10.8. The van der Waals surface area contributed by atoms with Crippen molar-refractivity contribution in [1.82, 2.24) is 35.1 Å². The number of hydrogen-bond donors (Lipinski definition) is 1. The van der Waals surface area contributed by atoms with Gasteiger partial charge in [0.05, 0.1) is 24.0 Å². The molecule has 3 aromatic rings. The van der Waals surface area contributed by atoms with Crippen molar-refractivity contribution in [1.29, 1.82) is 0 Å². The summed E-state index contributed by atoms with van der Waals surface area (Å²) in [6.45, 7) is 7.95. The van der Waals surface area contributed by atoms with Gasteiger partial charge in [0.1, 0.15) is 18.8 Å².